The number of carbonyl (C=O) groups excluding carboxylic acids is 1. The molecule has 0 radical (unpaired) electrons. The molecule has 0 aliphatic carbocycles. The average Bonchev–Trinajstić information content (AvgIpc) is 2.37. The normalized spacial score (nSPS) is 15.1. The lowest BCUT2D eigenvalue weighted by Gasteiger charge is -2.16. The first kappa shape index (κ1) is 13.0. The highest BCUT2D eigenvalue weighted by Crippen LogP contribution is 2.10. The van der Waals surface area contributed by atoms with Crippen LogP contribution in [0.15, 0.2) is 29.7 Å². The minimum atomic E-state index is -0.667. The molecule has 1 amide bonds. The number of nitrogens with two attached hydrogens (primary N) is 1. The van der Waals surface area contributed by atoms with E-state index in [0.717, 1.165) is 5.56 Å². The number of nitrogens with zero attached hydrogens (tertiary/aromatic N) is 2. The average molecular weight is 236 g/mol. The van der Waals surface area contributed by atoms with Crippen molar-refractivity contribution in [3.05, 3.63) is 30.1 Å². The van der Waals surface area contributed by atoms with E-state index in [-0.39, 0.29) is 17.8 Å². The molecule has 17 heavy (non-hydrogen) atoms. The Morgan fingerprint density at radius 3 is 2.82 bits per heavy atom. The molecule has 0 aromatic carbocycles. The van der Waals surface area contributed by atoms with Crippen molar-refractivity contribution in [3.63, 3.8) is 0 Å². The lowest BCUT2D eigenvalue weighted by atomic mass is 10.1. The second-order valence-corrected chi connectivity index (χ2v) is 3.76. The van der Waals surface area contributed by atoms with E-state index in [9.17, 15) is 4.79 Å². The highest BCUT2D eigenvalue weighted by atomic mass is 16.4. The van der Waals surface area contributed by atoms with Gasteiger partial charge in [-0.3, -0.25) is 9.78 Å². The smallest absolute Gasteiger partial charge is 0.231 e. The lowest BCUT2D eigenvalue weighted by Crippen LogP contribution is -2.38. The van der Waals surface area contributed by atoms with E-state index in [1.165, 1.54) is 0 Å². The first-order valence-electron chi connectivity index (χ1n) is 5.24. The zero-order chi connectivity index (χ0) is 12.8. The van der Waals surface area contributed by atoms with Gasteiger partial charge in [0.2, 0.25) is 5.91 Å². The summed E-state index contributed by atoms with van der Waals surface area (Å²) in [6.07, 6.45) is 3.34. The molecule has 1 rings (SSSR count). The van der Waals surface area contributed by atoms with Crippen LogP contribution >= 0.6 is 0 Å². The Labute approximate surface area is 99.5 Å². The third kappa shape index (κ3) is 3.44. The molecule has 1 aromatic heterocycles. The van der Waals surface area contributed by atoms with Gasteiger partial charge >= 0.3 is 0 Å². The second kappa shape index (κ2) is 5.83. The quantitative estimate of drug-likeness (QED) is 0.309. The highest BCUT2D eigenvalue weighted by Gasteiger charge is 2.19. The second-order valence-electron chi connectivity index (χ2n) is 3.76. The summed E-state index contributed by atoms with van der Waals surface area (Å²) in [6.45, 7) is 3.41. The molecule has 6 nitrogen and oxygen atoms in total. The van der Waals surface area contributed by atoms with Gasteiger partial charge in [-0.05, 0) is 25.5 Å². The number of nitrogens with one attached hydrogen (secondary N) is 1. The molecule has 92 valence electrons. The van der Waals surface area contributed by atoms with Crippen molar-refractivity contribution >= 4 is 11.7 Å². The summed E-state index contributed by atoms with van der Waals surface area (Å²) < 4.78 is 0. The van der Waals surface area contributed by atoms with E-state index in [4.69, 9.17) is 10.9 Å². The molecular formula is C11H16N4O2. The molecule has 0 saturated carbocycles. The molecule has 0 fully saturated rings. The van der Waals surface area contributed by atoms with Gasteiger partial charge in [0.05, 0.1) is 12.0 Å². The molecule has 6 heteroatoms. The number of amidine groups is 1. The Bertz CT molecular complexity index is 405. The molecule has 1 heterocycles. The van der Waals surface area contributed by atoms with Crippen LogP contribution in [0.25, 0.3) is 0 Å². The SMILES string of the molecule is CC(C(=O)NC(C)c1cccnc1)/C(N)=N/O. The molecule has 0 saturated heterocycles. The van der Waals surface area contributed by atoms with Crippen molar-refractivity contribution in [2.45, 2.75) is 19.9 Å². The Hall–Kier alpha value is -2.11. The monoisotopic (exact) mass is 236 g/mol. The molecule has 0 spiro atoms. The van der Waals surface area contributed by atoms with Crippen LogP contribution < -0.4 is 11.1 Å². The fourth-order valence-electron chi connectivity index (χ4n) is 1.27. The Morgan fingerprint density at radius 1 is 1.59 bits per heavy atom. The summed E-state index contributed by atoms with van der Waals surface area (Å²) in [6, 6.07) is 3.49. The minimum absolute atomic E-state index is 0.110. The third-order valence-electron chi connectivity index (χ3n) is 2.50. The lowest BCUT2D eigenvalue weighted by molar-refractivity contribution is -0.123. The van der Waals surface area contributed by atoms with Crippen LogP contribution in [0, 0.1) is 5.92 Å². The first-order chi connectivity index (χ1) is 8.06. The predicted octanol–water partition coefficient (Wildman–Crippen LogP) is 0.641. The zero-order valence-corrected chi connectivity index (χ0v) is 9.79. The van der Waals surface area contributed by atoms with E-state index in [0.29, 0.717) is 0 Å². The van der Waals surface area contributed by atoms with Gasteiger partial charge in [-0.15, -0.1) is 0 Å². The van der Waals surface area contributed by atoms with Gasteiger partial charge in [0.25, 0.3) is 0 Å². The molecule has 0 aliphatic heterocycles. The minimum Gasteiger partial charge on any atom is -0.409 e. The third-order valence-corrected chi connectivity index (χ3v) is 2.50. The van der Waals surface area contributed by atoms with Gasteiger partial charge in [0.15, 0.2) is 5.84 Å². The summed E-state index contributed by atoms with van der Waals surface area (Å²) in [4.78, 5) is 15.7. The molecule has 1 aromatic rings. The Kier molecular flexibility index (Phi) is 4.45. The van der Waals surface area contributed by atoms with E-state index >= 15 is 0 Å². The standard InChI is InChI=1S/C11H16N4O2/c1-7(10(12)15-17)11(16)14-8(2)9-4-3-5-13-6-9/h3-8,17H,1-2H3,(H2,12,15)(H,14,16). The number of aromatic nitrogens is 1. The van der Waals surface area contributed by atoms with E-state index in [1.807, 2.05) is 13.0 Å². The number of oxime groups is 1. The predicted molar refractivity (Wildman–Crippen MR) is 63.4 cm³/mol. The van der Waals surface area contributed by atoms with Gasteiger partial charge in [0.1, 0.15) is 0 Å². The molecule has 0 bridgehead atoms. The maximum absolute atomic E-state index is 11.7. The summed E-state index contributed by atoms with van der Waals surface area (Å²) in [7, 11) is 0. The zero-order valence-electron chi connectivity index (χ0n) is 9.79. The van der Waals surface area contributed by atoms with Crippen molar-refractivity contribution in [3.8, 4) is 0 Å². The van der Waals surface area contributed by atoms with Gasteiger partial charge in [-0.1, -0.05) is 11.2 Å². The summed E-state index contributed by atoms with van der Waals surface area (Å²) in [5.41, 5.74) is 6.25. The molecule has 2 atom stereocenters. The summed E-state index contributed by atoms with van der Waals surface area (Å²) in [5.74, 6) is -1.07. The van der Waals surface area contributed by atoms with Crippen LogP contribution in [0.5, 0.6) is 0 Å². The van der Waals surface area contributed by atoms with Crippen molar-refractivity contribution in [2.75, 3.05) is 0 Å². The van der Waals surface area contributed by atoms with Crippen LogP contribution in [0.2, 0.25) is 0 Å². The number of hydrogen-bond acceptors (Lipinski definition) is 4. The van der Waals surface area contributed by atoms with Crippen LogP contribution in [-0.2, 0) is 4.79 Å². The van der Waals surface area contributed by atoms with E-state index in [1.54, 1.807) is 25.4 Å². The van der Waals surface area contributed by atoms with Crippen molar-refractivity contribution in [1.82, 2.24) is 10.3 Å². The van der Waals surface area contributed by atoms with E-state index < -0.39 is 5.92 Å². The maximum atomic E-state index is 11.7. The van der Waals surface area contributed by atoms with Crippen molar-refractivity contribution in [2.24, 2.45) is 16.8 Å². The number of pyridine rings is 1. The van der Waals surface area contributed by atoms with Crippen LogP contribution in [-0.4, -0.2) is 21.9 Å². The Morgan fingerprint density at radius 2 is 2.29 bits per heavy atom. The number of rotatable bonds is 4. The molecule has 0 aliphatic rings. The topological polar surface area (TPSA) is 101 Å². The van der Waals surface area contributed by atoms with Gasteiger partial charge in [0, 0.05) is 12.4 Å². The van der Waals surface area contributed by atoms with Crippen molar-refractivity contribution < 1.29 is 10.0 Å². The van der Waals surface area contributed by atoms with Crippen LogP contribution in [0.1, 0.15) is 25.5 Å². The molecule has 2 unspecified atom stereocenters. The molecular weight excluding hydrogens is 220 g/mol. The van der Waals surface area contributed by atoms with E-state index in [2.05, 4.69) is 15.5 Å². The van der Waals surface area contributed by atoms with Crippen LogP contribution in [0.4, 0.5) is 0 Å². The Balaban J connectivity index is 2.64. The van der Waals surface area contributed by atoms with Gasteiger partial charge < -0.3 is 16.3 Å². The first-order valence-corrected chi connectivity index (χ1v) is 5.24. The van der Waals surface area contributed by atoms with Crippen molar-refractivity contribution in [1.29, 1.82) is 0 Å². The maximum Gasteiger partial charge on any atom is 0.231 e. The fraction of sp³-hybridized carbons (Fsp3) is 0.364. The fourth-order valence-corrected chi connectivity index (χ4v) is 1.27. The summed E-state index contributed by atoms with van der Waals surface area (Å²) >= 11 is 0. The largest absolute Gasteiger partial charge is 0.409 e. The number of amides is 1. The summed E-state index contributed by atoms with van der Waals surface area (Å²) in [5, 5.41) is 14.0. The molecule has 4 N–H and O–H groups in total. The number of hydrogen-bond donors (Lipinski definition) is 3. The van der Waals surface area contributed by atoms with Gasteiger partial charge in [-0.2, -0.15) is 0 Å². The van der Waals surface area contributed by atoms with Gasteiger partial charge in [-0.25, -0.2) is 0 Å². The highest BCUT2D eigenvalue weighted by molar-refractivity contribution is 6.01. The van der Waals surface area contributed by atoms with Crippen LogP contribution in [0.3, 0.4) is 0 Å². The number of carbonyl (C=O) groups is 1.